The molecule has 1 aromatic heterocycles. The third kappa shape index (κ3) is 5.00. The normalized spacial score (nSPS) is 10.8. The Kier molecular flexibility index (Phi) is 6.52. The molecular weight excluding hydrogens is 242 g/mol. The second-order valence-electron chi connectivity index (χ2n) is 4.70. The summed E-state index contributed by atoms with van der Waals surface area (Å²) in [6, 6.07) is 0. The van der Waals surface area contributed by atoms with Gasteiger partial charge >= 0.3 is 0 Å². The molecular formula is C13H25N5O. The predicted molar refractivity (Wildman–Crippen MR) is 78.2 cm³/mol. The number of aromatic nitrogens is 2. The number of rotatable bonds is 8. The van der Waals surface area contributed by atoms with Crippen molar-refractivity contribution >= 4 is 11.6 Å². The molecule has 4 N–H and O–H groups in total. The van der Waals surface area contributed by atoms with E-state index in [0.29, 0.717) is 19.0 Å². The maximum Gasteiger partial charge on any atom is 0.148 e. The van der Waals surface area contributed by atoms with Crippen molar-refractivity contribution in [2.45, 2.75) is 46.6 Å². The minimum Gasteiger partial charge on any atom is -0.377 e. The number of aryl methyl sites for hydroxylation is 1. The molecule has 0 fully saturated rings. The van der Waals surface area contributed by atoms with Crippen molar-refractivity contribution in [3.8, 4) is 0 Å². The monoisotopic (exact) mass is 267 g/mol. The summed E-state index contributed by atoms with van der Waals surface area (Å²) in [5, 5.41) is 3.27. The average Bonchev–Trinajstić information content (AvgIpc) is 2.37. The molecule has 6 nitrogen and oxygen atoms in total. The molecule has 0 bridgehead atoms. The smallest absolute Gasteiger partial charge is 0.148 e. The summed E-state index contributed by atoms with van der Waals surface area (Å²) < 4.78 is 5.49. The molecule has 0 aromatic carbocycles. The van der Waals surface area contributed by atoms with Crippen LogP contribution in [0.1, 0.15) is 38.6 Å². The third-order valence-corrected chi connectivity index (χ3v) is 2.65. The zero-order valence-electron chi connectivity index (χ0n) is 12.3. The van der Waals surface area contributed by atoms with Gasteiger partial charge in [0.25, 0.3) is 0 Å². The van der Waals surface area contributed by atoms with Crippen LogP contribution in [0.5, 0.6) is 0 Å². The molecule has 0 radical (unpaired) electrons. The minimum absolute atomic E-state index is 0.241. The highest BCUT2D eigenvalue weighted by molar-refractivity contribution is 5.56. The van der Waals surface area contributed by atoms with E-state index in [9.17, 15) is 0 Å². The zero-order chi connectivity index (χ0) is 14.3. The van der Waals surface area contributed by atoms with Gasteiger partial charge in [-0.05, 0) is 27.2 Å². The summed E-state index contributed by atoms with van der Waals surface area (Å²) in [5.74, 6) is 7.78. The van der Waals surface area contributed by atoms with Crippen LogP contribution in [0.3, 0.4) is 0 Å². The number of anilines is 2. The summed E-state index contributed by atoms with van der Waals surface area (Å²) in [4.78, 5) is 8.89. The molecule has 1 aromatic rings. The van der Waals surface area contributed by atoms with Crippen molar-refractivity contribution < 1.29 is 4.74 Å². The Bertz CT molecular complexity index is 395. The molecule has 1 rings (SSSR count). The van der Waals surface area contributed by atoms with Gasteiger partial charge in [-0.15, -0.1) is 0 Å². The van der Waals surface area contributed by atoms with Crippen LogP contribution >= 0.6 is 0 Å². The van der Waals surface area contributed by atoms with E-state index in [1.165, 1.54) is 0 Å². The number of ether oxygens (including phenoxy) is 1. The van der Waals surface area contributed by atoms with Crippen LogP contribution in [-0.2, 0) is 11.2 Å². The highest BCUT2D eigenvalue weighted by atomic mass is 16.5. The molecule has 0 saturated heterocycles. The predicted octanol–water partition coefficient (Wildman–Crippen LogP) is 1.86. The van der Waals surface area contributed by atoms with Gasteiger partial charge in [0, 0.05) is 18.5 Å². The van der Waals surface area contributed by atoms with Gasteiger partial charge in [0.1, 0.15) is 17.5 Å². The summed E-state index contributed by atoms with van der Waals surface area (Å²) in [7, 11) is 0. The summed E-state index contributed by atoms with van der Waals surface area (Å²) in [5.41, 5.74) is 3.54. The van der Waals surface area contributed by atoms with E-state index >= 15 is 0 Å². The SMILES string of the molecule is CCCc1nc(NN)c(C)c(NCCOC(C)C)n1. The Hall–Kier alpha value is -1.40. The van der Waals surface area contributed by atoms with Gasteiger partial charge in [-0.2, -0.15) is 0 Å². The minimum atomic E-state index is 0.241. The highest BCUT2D eigenvalue weighted by Crippen LogP contribution is 2.19. The zero-order valence-corrected chi connectivity index (χ0v) is 12.3. The van der Waals surface area contributed by atoms with Gasteiger partial charge in [-0.1, -0.05) is 6.92 Å². The fraction of sp³-hybridized carbons (Fsp3) is 0.692. The molecule has 6 heteroatoms. The van der Waals surface area contributed by atoms with Crippen molar-refractivity contribution in [2.24, 2.45) is 5.84 Å². The van der Waals surface area contributed by atoms with Gasteiger partial charge in [0.05, 0.1) is 12.7 Å². The van der Waals surface area contributed by atoms with Crippen molar-refractivity contribution in [3.05, 3.63) is 11.4 Å². The molecule has 0 atom stereocenters. The van der Waals surface area contributed by atoms with E-state index in [1.807, 2.05) is 20.8 Å². The second kappa shape index (κ2) is 7.91. The first-order valence-corrected chi connectivity index (χ1v) is 6.78. The van der Waals surface area contributed by atoms with Crippen molar-refractivity contribution in [1.29, 1.82) is 0 Å². The molecule has 0 saturated carbocycles. The Morgan fingerprint density at radius 3 is 2.53 bits per heavy atom. The lowest BCUT2D eigenvalue weighted by atomic mass is 10.2. The standard InChI is InChI=1S/C13H25N5O/c1-5-6-11-16-12(10(4)13(17-11)18-14)15-7-8-19-9(2)3/h9H,5-8,14H2,1-4H3,(H2,15,16,17,18). The Morgan fingerprint density at radius 2 is 1.95 bits per heavy atom. The van der Waals surface area contributed by atoms with Gasteiger partial charge in [-0.25, -0.2) is 15.8 Å². The van der Waals surface area contributed by atoms with E-state index in [1.54, 1.807) is 0 Å². The number of hydrogen-bond donors (Lipinski definition) is 3. The van der Waals surface area contributed by atoms with Crippen LogP contribution in [0.15, 0.2) is 0 Å². The lowest BCUT2D eigenvalue weighted by molar-refractivity contribution is 0.0870. The van der Waals surface area contributed by atoms with Crippen LogP contribution in [0.2, 0.25) is 0 Å². The summed E-state index contributed by atoms with van der Waals surface area (Å²) in [6.45, 7) is 9.44. The number of hydrogen-bond acceptors (Lipinski definition) is 6. The van der Waals surface area contributed by atoms with Gasteiger partial charge in [-0.3, -0.25) is 0 Å². The van der Waals surface area contributed by atoms with E-state index in [2.05, 4.69) is 27.6 Å². The first-order valence-electron chi connectivity index (χ1n) is 6.78. The highest BCUT2D eigenvalue weighted by Gasteiger charge is 2.09. The summed E-state index contributed by atoms with van der Waals surface area (Å²) >= 11 is 0. The second-order valence-corrected chi connectivity index (χ2v) is 4.70. The quantitative estimate of drug-likeness (QED) is 0.379. The topological polar surface area (TPSA) is 85.1 Å². The number of hydrazine groups is 1. The number of nitrogen functional groups attached to an aromatic ring is 1. The van der Waals surface area contributed by atoms with Crippen LogP contribution in [0.25, 0.3) is 0 Å². The Labute approximate surface area is 115 Å². The lowest BCUT2D eigenvalue weighted by Crippen LogP contribution is -2.18. The maximum absolute atomic E-state index is 5.49. The summed E-state index contributed by atoms with van der Waals surface area (Å²) in [6.07, 6.45) is 2.08. The van der Waals surface area contributed by atoms with Crippen LogP contribution in [-0.4, -0.2) is 29.2 Å². The number of nitrogens with two attached hydrogens (primary N) is 1. The van der Waals surface area contributed by atoms with Crippen LogP contribution < -0.4 is 16.6 Å². The fourth-order valence-electron chi connectivity index (χ4n) is 1.68. The first-order chi connectivity index (χ1) is 9.08. The van der Waals surface area contributed by atoms with Crippen molar-refractivity contribution in [1.82, 2.24) is 9.97 Å². The van der Waals surface area contributed by atoms with Gasteiger partial charge in [0.15, 0.2) is 0 Å². The molecule has 0 aliphatic rings. The number of nitrogens with zero attached hydrogens (tertiary/aromatic N) is 2. The fourth-order valence-corrected chi connectivity index (χ4v) is 1.68. The van der Waals surface area contributed by atoms with Crippen LogP contribution in [0, 0.1) is 6.92 Å². The molecule has 0 aliphatic carbocycles. The van der Waals surface area contributed by atoms with E-state index in [-0.39, 0.29) is 6.10 Å². The third-order valence-electron chi connectivity index (χ3n) is 2.65. The van der Waals surface area contributed by atoms with Crippen molar-refractivity contribution in [3.63, 3.8) is 0 Å². The largest absolute Gasteiger partial charge is 0.377 e. The molecule has 0 spiro atoms. The molecule has 1 heterocycles. The molecule has 19 heavy (non-hydrogen) atoms. The lowest BCUT2D eigenvalue weighted by Gasteiger charge is -2.14. The van der Waals surface area contributed by atoms with Crippen molar-refractivity contribution in [2.75, 3.05) is 23.9 Å². The first kappa shape index (κ1) is 15.7. The number of nitrogens with one attached hydrogen (secondary N) is 2. The molecule has 0 amide bonds. The van der Waals surface area contributed by atoms with E-state index < -0.39 is 0 Å². The molecule has 108 valence electrons. The molecule has 0 unspecified atom stereocenters. The average molecular weight is 267 g/mol. The van der Waals surface area contributed by atoms with Crippen LogP contribution in [0.4, 0.5) is 11.6 Å². The Morgan fingerprint density at radius 1 is 1.26 bits per heavy atom. The van der Waals surface area contributed by atoms with E-state index in [0.717, 1.165) is 30.0 Å². The van der Waals surface area contributed by atoms with E-state index in [4.69, 9.17) is 10.6 Å². The maximum atomic E-state index is 5.49. The van der Waals surface area contributed by atoms with Gasteiger partial charge < -0.3 is 15.5 Å². The Balaban J connectivity index is 2.71. The molecule has 0 aliphatic heterocycles. The van der Waals surface area contributed by atoms with Gasteiger partial charge in [0.2, 0.25) is 0 Å².